The van der Waals surface area contributed by atoms with E-state index in [-0.39, 0.29) is 13.2 Å². The third kappa shape index (κ3) is 8.31. The van der Waals surface area contributed by atoms with Crippen LogP contribution in [0.2, 0.25) is 0 Å². The van der Waals surface area contributed by atoms with Gasteiger partial charge in [-0.1, -0.05) is 0 Å². The Bertz CT molecular complexity index is 483. The maximum absolute atomic E-state index is 11.0. The van der Waals surface area contributed by atoms with Crippen molar-refractivity contribution in [2.75, 3.05) is 71.3 Å². The summed E-state index contributed by atoms with van der Waals surface area (Å²) in [7, 11) is 1.65. The van der Waals surface area contributed by atoms with Gasteiger partial charge in [0.25, 0.3) is 0 Å². The van der Waals surface area contributed by atoms with Crippen LogP contribution < -0.4 is 9.64 Å². The van der Waals surface area contributed by atoms with Crippen LogP contribution in [0, 0.1) is 0 Å². The van der Waals surface area contributed by atoms with Crippen LogP contribution in [0.4, 0.5) is 5.69 Å². The summed E-state index contributed by atoms with van der Waals surface area (Å²) in [5.74, 6) is 0.559. The average Bonchev–Trinajstić information content (AvgIpc) is 2.65. The molecule has 0 saturated heterocycles. The zero-order chi connectivity index (χ0) is 18.3. The SMILES string of the molecule is CCOCCOCCN(CCOC)c1ccc(C=O)cc1OCCO. The highest BCUT2D eigenvalue weighted by Crippen LogP contribution is 2.29. The standard InChI is InChI=1S/C18H29NO6/c1-3-23-12-13-24-10-7-19(6-9-22-2)17-5-4-16(15-21)14-18(17)25-11-8-20/h4-5,14-15,20H,3,6-13H2,1-2H3. The molecule has 25 heavy (non-hydrogen) atoms. The van der Waals surface area contributed by atoms with Crippen LogP contribution in [-0.4, -0.2) is 77.8 Å². The topological polar surface area (TPSA) is 77.5 Å². The average molecular weight is 355 g/mol. The van der Waals surface area contributed by atoms with Crippen molar-refractivity contribution in [3.8, 4) is 5.75 Å². The van der Waals surface area contributed by atoms with E-state index in [9.17, 15) is 4.79 Å². The van der Waals surface area contributed by atoms with Crippen molar-refractivity contribution in [3.63, 3.8) is 0 Å². The number of methoxy groups -OCH3 is 1. The predicted octanol–water partition coefficient (Wildman–Crippen LogP) is 1.38. The lowest BCUT2D eigenvalue weighted by atomic mass is 10.2. The Hall–Kier alpha value is -1.67. The van der Waals surface area contributed by atoms with Gasteiger partial charge in [0.15, 0.2) is 0 Å². The van der Waals surface area contributed by atoms with E-state index >= 15 is 0 Å². The molecular formula is C18H29NO6. The maximum Gasteiger partial charge on any atom is 0.150 e. The van der Waals surface area contributed by atoms with Crippen LogP contribution >= 0.6 is 0 Å². The zero-order valence-corrected chi connectivity index (χ0v) is 15.1. The maximum atomic E-state index is 11.0. The highest BCUT2D eigenvalue weighted by Gasteiger charge is 2.13. The van der Waals surface area contributed by atoms with Gasteiger partial charge in [0.05, 0.1) is 38.7 Å². The monoisotopic (exact) mass is 355 g/mol. The summed E-state index contributed by atoms with van der Waals surface area (Å²) in [4.78, 5) is 13.1. The third-order valence-electron chi connectivity index (χ3n) is 3.46. The second-order valence-corrected chi connectivity index (χ2v) is 5.21. The van der Waals surface area contributed by atoms with E-state index in [2.05, 4.69) is 4.90 Å². The van der Waals surface area contributed by atoms with Crippen molar-refractivity contribution in [1.82, 2.24) is 0 Å². The minimum atomic E-state index is -0.0939. The molecule has 0 spiro atoms. The van der Waals surface area contributed by atoms with Crippen LogP contribution in [0.1, 0.15) is 17.3 Å². The Morgan fingerprint density at radius 2 is 1.84 bits per heavy atom. The van der Waals surface area contributed by atoms with E-state index in [1.165, 1.54) is 0 Å². The highest BCUT2D eigenvalue weighted by molar-refractivity contribution is 5.78. The fraction of sp³-hybridized carbons (Fsp3) is 0.611. The number of hydrogen-bond acceptors (Lipinski definition) is 7. The number of aldehydes is 1. The first kappa shape index (κ1) is 21.4. The Morgan fingerprint density at radius 1 is 1.08 bits per heavy atom. The van der Waals surface area contributed by atoms with Crippen molar-refractivity contribution in [2.24, 2.45) is 0 Å². The van der Waals surface area contributed by atoms with Gasteiger partial charge in [-0.3, -0.25) is 4.79 Å². The van der Waals surface area contributed by atoms with Crippen molar-refractivity contribution < 1.29 is 28.8 Å². The first-order valence-corrected chi connectivity index (χ1v) is 8.49. The molecular weight excluding hydrogens is 326 g/mol. The molecule has 0 aliphatic carbocycles. The molecule has 0 heterocycles. The van der Waals surface area contributed by atoms with Crippen LogP contribution in [0.15, 0.2) is 18.2 Å². The lowest BCUT2D eigenvalue weighted by Crippen LogP contribution is -2.31. The molecule has 0 amide bonds. The predicted molar refractivity (Wildman–Crippen MR) is 95.8 cm³/mol. The molecule has 0 atom stereocenters. The molecule has 1 aromatic carbocycles. The molecule has 0 saturated carbocycles. The smallest absolute Gasteiger partial charge is 0.150 e. The van der Waals surface area contributed by atoms with Gasteiger partial charge in [-0.25, -0.2) is 0 Å². The van der Waals surface area contributed by atoms with Crippen LogP contribution in [-0.2, 0) is 14.2 Å². The molecule has 142 valence electrons. The van der Waals surface area contributed by atoms with E-state index in [1.807, 2.05) is 13.0 Å². The van der Waals surface area contributed by atoms with Crippen LogP contribution in [0.5, 0.6) is 5.75 Å². The van der Waals surface area contributed by atoms with Gasteiger partial charge >= 0.3 is 0 Å². The normalized spacial score (nSPS) is 10.7. The molecule has 0 unspecified atom stereocenters. The molecule has 0 aliphatic heterocycles. The van der Waals surface area contributed by atoms with E-state index in [0.29, 0.717) is 57.4 Å². The molecule has 1 aromatic rings. The second kappa shape index (κ2) is 13.6. The molecule has 1 rings (SSSR count). The minimum absolute atomic E-state index is 0.0939. The van der Waals surface area contributed by atoms with E-state index < -0.39 is 0 Å². The number of aliphatic hydroxyl groups excluding tert-OH is 1. The first-order valence-electron chi connectivity index (χ1n) is 8.49. The number of aliphatic hydroxyl groups is 1. The zero-order valence-electron chi connectivity index (χ0n) is 15.1. The summed E-state index contributed by atoms with van der Waals surface area (Å²) < 4.78 is 21.6. The molecule has 0 fully saturated rings. The second-order valence-electron chi connectivity index (χ2n) is 5.21. The quantitative estimate of drug-likeness (QED) is 0.376. The van der Waals surface area contributed by atoms with Crippen molar-refractivity contribution in [1.29, 1.82) is 0 Å². The van der Waals surface area contributed by atoms with Gasteiger partial charge < -0.3 is 29.0 Å². The minimum Gasteiger partial charge on any atom is -0.489 e. The van der Waals surface area contributed by atoms with Gasteiger partial charge in [0.2, 0.25) is 0 Å². The van der Waals surface area contributed by atoms with Crippen LogP contribution in [0.3, 0.4) is 0 Å². The summed E-state index contributed by atoms with van der Waals surface area (Å²) in [5, 5.41) is 9.01. The molecule has 0 bridgehead atoms. The third-order valence-corrected chi connectivity index (χ3v) is 3.46. The van der Waals surface area contributed by atoms with Crippen molar-refractivity contribution in [2.45, 2.75) is 6.92 Å². The van der Waals surface area contributed by atoms with Gasteiger partial charge in [-0.2, -0.15) is 0 Å². The Kier molecular flexibility index (Phi) is 11.6. The Balaban J connectivity index is 2.76. The van der Waals surface area contributed by atoms with E-state index in [1.54, 1.807) is 19.2 Å². The van der Waals surface area contributed by atoms with Crippen molar-refractivity contribution in [3.05, 3.63) is 23.8 Å². The Labute approximate surface area is 149 Å². The van der Waals surface area contributed by atoms with E-state index in [4.69, 9.17) is 24.1 Å². The number of anilines is 1. The van der Waals surface area contributed by atoms with Gasteiger partial charge in [0, 0.05) is 32.4 Å². The number of hydrogen-bond donors (Lipinski definition) is 1. The fourth-order valence-corrected chi connectivity index (χ4v) is 2.23. The largest absolute Gasteiger partial charge is 0.489 e. The number of carbonyl (C=O) groups is 1. The molecule has 0 aliphatic rings. The van der Waals surface area contributed by atoms with Crippen molar-refractivity contribution >= 4 is 12.0 Å². The van der Waals surface area contributed by atoms with Gasteiger partial charge in [0.1, 0.15) is 18.6 Å². The highest BCUT2D eigenvalue weighted by atomic mass is 16.5. The van der Waals surface area contributed by atoms with Gasteiger partial charge in [-0.05, 0) is 25.1 Å². The molecule has 7 nitrogen and oxygen atoms in total. The summed E-state index contributed by atoms with van der Waals surface area (Å²) in [5.41, 5.74) is 1.36. The summed E-state index contributed by atoms with van der Waals surface area (Å²) in [6.07, 6.45) is 0.770. The summed E-state index contributed by atoms with van der Waals surface area (Å²) >= 11 is 0. The number of nitrogens with zero attached hydrogens (tertiary/aromatic N) is 1. The van der Waals surface area contributed by atoms with Crippen LogP contribution in [0.25, 0.3) is 0 Å². The molecule has 0 radical (unpaired) electrons. The fourth-order valence-electron chi connectivity index (χ4n) is 2.23. The lowest BCUT2D eigenvalue weighted by molar-refractivity contribution is 0.0552. The number of carbonyl (C=O) groups excluding carboxylic acids is 1. The Morgan fingerprint density at radius 3 is 2.52 bits per heavy atom. The van der Waals surface area contributed by atoms with Gasteiger partial charge in [-0.15, -0.1) is 0 Å². The lowest BCUT2D eigenvalue weighted by Gasteiger charge is -2.27. The van der Waals surface area contributed by atoms with E-state index in [0.717, 1.165) is 12.0 Å². The number of benzene rings is 1. The molecule has 7 heteroatoms. The number of ether oxygens (including phenoxy) is 4. The molecule has 1 N–H and O–H groups in total. The summed E-state index contributed by atoms with van der Waals surface area (Å²) in [6.45, 7) is 6.20. The first-order chi connectivity index (χ1) is 12.3. The molecule has 0 aromatic heterocycles. The summed E-state index contributed by atoms with van der Waals surface area (Å²) in [6, 6.07) is 5.25. The number of rotatable bonds is 15.